The van der Waals surface area contributed by atoms with E-state index in [0.29, 0.717) is 12.8 Å². The fourth-order valence-corrected chi connectivity index (χ4v) is 4.61. The maximum atomic E-state index is 12.6. The summed E-state index contributed by atoms with van der Waals surface area (Å²) in [5.74, 6) is -0.985. The number of rotatable bonds is 7. The van der Waals surface area contributed by atoms with Crippen LogP contribution in [0.2, 0.25) is 0 Å². The number of hydrogen-bond donors (Lipinski definition) is 1. The molecule has 0 spiro atoms. The lowest BCUT2D eigenvalue weighted by atomic mass is 9.81. The zero-order chi connectivity index (χ0) is 18.6. The molecular weight excluding hydrogens is 333 g/mol. The number of nitrogens with one attached hydrogen (secondary N) is 1. The van der Waals surface area contributed by atoms with Crippen molar-refractivity contribution in [2.75, 3.05) is 13.2 Å². The molecule has 1 heterocycles. The van der Waals surface area contributed by atoms with Crippen LogP contribution in [-0.4, -0.2) is 46.6 Å². The summed E-state index contributed by atoms with van der Waals surface area (Å²) in [6.07, 6.45) is 0.750. The van der Waals surface area contributed by atoms with Crippen LogP contribution in [0, 0.1) is 0 Å². The van der Waals surface area contributed by atoms with E-state index in [-0.39, 0.29) is 24.3 Å². The second-order valence-electron chi connectivity index (χ2n) is 7.08. The third-order valence-electron chi connectivity index (χ3n) is 3.56. The van der Waals surface area contributed by atoms with Crippen molar-refractivity contribution in [1.82, 2.24) is 5.32 Å². The van der Waals surface area contributed by atoms with Gasteiger partial charge >= 0.3 is 19.0 Å². The number of esters is 1. The average molecular weight is 361 g/mol. The van der Waals surface area contributed by atoms with Gasteiger partial charge in [-0.05, 0) is 41.5 Å². The topological polar surface area (TPSA) is 110 Å². The normalized spacial score (nSPS) is 20.2. The lowest BCUT2D eigenvalue weighted by Crippen LogP contribution is -2.59. The van der Waals surface area contributed by atoms with Gasteiger partial charge in [0.05, 0.1) is 13.2 Å². The highest BCUT2D eigenvalue weighted by Crippen LogP contribution is 2.49. The third kappa shape index (κ3) is 5.50. The van der Waals surface area contributed by atoms with E-state index in [9.17, 15) is 9.36 Å². The zero-order valence-electron chi connectivity index (χ0n) is 15.3. The molecule has 138 valence electrons. The molecule has 0 unspecified atom stereocenters. The van der Waals surface area contributed by atoms with E-state index >= 15 is 0 Å². The Kier molecular flexibility index (Phi) is 6.91. The first-order valence-corrected chi connectivity index (χ1v) is 9.65. The van der Waals surface area contributed by atoms with E-state index in [1.165, 1.54) is 0 Å². The molecule has 1 fully saturated rings. The van der Waals surface area contributed by atoms with E-state index in [1.54, 1.807) is 13.8 Å². The molecule has 0 atom stereocenters. The molecule has 0 aromatic carbocycles. The van der Waals surface area contributed by atoms with Crippen LogP contribution in [0.25, 0.3) is 5.53 Å². The molecule has 1 saturated heterocycles. The van der Waals surface area contributed by atoms with Gasteiger partial charge in [-0.2, -0.15) is 0 Å². The number of carbonyl (C=O) groups excluding carboxylic acids is 1. The number of hydrogen-bond acceptors (Lipinski definition) is 6. The van der Waals surface area contributed by atoms with Gasteiger partial charge in [0, 0.05) is 23.9 Å². The predicted octanol–water partition coefficient (Wildman–Crippen LogP) is 2.73. The Morgan fingerprint density at radius 1 is 1.17 bits per heavy atom. The second-order valence-corrected chi connectivity index (χ2v) is 9.02. The van der Waals surface area contributed by atoms with Gasteiger partial charge in [0.2, 0.25) is 0 Å². The van der Waals surface area contributed by atoms with Crippen LogP contribution >= 0.6 is 7.60 Å². The Morgan fingerprint density at radius 3 is 2.00 bits per heavy atom. The minimum atomic E-state index is -4.01. The van der Waals surface area contributed by atoms with Gasteiger partial charge < -0.3 is 24.6 Å². The monoisotopic (exact) mass is 361 g/mol. The summed E-state index contributed by atoms with van der Waals surface area (Å²) in [5.41, 5.74) is 7.98. The largest absolute Gasteiger partial charge is 0.484 e. The van der Waals surface area contributed by atoms with Gasteiger partial charge in [0.1, 0.15) is 6.10 Å². The Hall–Kier alpha value is -1.04. The van der Waals surface area contributed by atoms with Crippen LogP contribution in [-0.2, 0) is 23.1 Å². The Labute approximate surface area is 143 Å². The first kappa shape index (κ1) is 21.0. The zero-order valence-corrected chi connectivity index (χ0v) is 16.2. The Bertz CT molecular complexity index is 543. The molecule has 0 aromatic rings. The van der Waals surface area contributed by atoms with E-state index < -0.39 is 25.1 Å². The molecular formula is C15H28N3O5P. The van der Waals surface area contributed by atoms with Crippen molar-refractivity contribution >= 4 is 19.0 Å². The SMILES string of the molecule is CCOP(=O)(OCC)C(=[N+]=[N-])C(=O)OC1CC(C)(C)NC(C)(C)C1. The van der Waals surface area contributed by atoms with Gasteiger partial charge in [-0.3, -0.25) is 0 Å². The minimum Gasteiger partial charge on any atom is -0.453 e. The molecule has 0 radical (unpaired) electrons. The average Bonchev–Trinajstić information content (AvgIpc) is 2.35. The lowest BCUT2D eigenvalue weighted by molar-refractivity contribution is -0.148. The van der Waals surface area contributed by atoms with Crippen LogP contribution in [0.4, 0.5) is 0 Å². The molecule has 0 aliphatic carbocycles. The van der Waals surface area contributed by atoms with Crippen molar-refractivity contribution in [3.05, 3.63) is 5.53 Å². The van der Waals surface area contributed by atoms with Gasteiger partial charge in [-0.25, -0.2) is 9.36 Å². The fraction of sp³-hybridized carbons (Fsp3) is 0.867. The van der Waals surface area contributed by atoms with E-state index in [2.05, 4.69) is 10.1 Å². The highest BCUT2D eigenvalue weighted by Gasteiger charge is 2.49. The van der Waals surface area contributed by atoms with Crippen molar-refractivity contribution in [2.45, 2.75) is 71.6 Å². The van der Waals surface area contributed by atoms with E-state index in [1.807, 2.05) is 27.7 Å². The number of piperidine rings is 1. The van der Waals surface area contributed by atoms with Crippen molar-refractivity contribution in [3.63, 3.8) is 0 Å². The van der Waals surface area contributed by atoms with Crippen LogP contribution in [0.3, 0.4) is 0 Å². The van der Waals surface area contributed by atoms with E-state index in [0.717, 1.165) is 0 Å². The summed E-state index contributed by atoms with van der Waals surface area (Å²) in [6.45, 7) is 11.3. The first-order chi connectivity index (χ1) is 11.0. The molecule has 1 aliphatic heterocycles. The van der Waals surface area contributed by atoms with Crippen molar-refractivity contribution in [2.24, 2.45) is 0 Å². The Balaban J connectivity index is 2.95. The van der Waals surface area contributed by atoms with E-state index in [4.69, 9.17) is 19.3 Å². The van der Waals surface area contributed by atoms with Crippen LogP contribution < -0.4 is 5.32 Å². The second kappa shape index (κ2) is 7.89. The standard InChI is InChI=1S/C15H28N3O5P/c1-7-21-24(20,22-8-2)12(17-16)13(19)23-11-9-14(3,4)18-15(5,6)10-11/h11,18H,7-10H2,1-6H3. The highest BCUT2D eigenvalue weighted by molar-refractivity contribution is 7.74. The van der Waals surface area contributed by atoms with Gasteiger partial charge in [0.25, 0.3) is 0 Å². The van der Waals surface area contributed by atoms with Gasteiger partial charge in [-0.1, -0.05) is 0 Å². The molecule has 9 heteroatoms. The molecule has 1 rings (SSSR count). The lowest BCUT2D eigenvalue weighted by Gasteiger charge is -2.45. The molecule has 0 amide bonds. The molecule has 1 N–H and O–H groups in total. The van der Waals surface area contributed by atoms with Crippen molar-refractivity contribution in [1.29, 1.82) is 0 Å². The third-order valence-corrected chi connectivity index (χ3v) is 5.55. The van der Waals surface area contributed by atoms with Gasteiger partial charge in [0.15, 0.2) is 0 Å². The first-order valence-electron chi connectivity index (χ1n) is 8.10. The fourth-order valence-electron chi connectivity index (χ4n) is 3.22. The quantitative estimate of drug-likeness (QED) is 0.245. The smallest absolute Gasteiger partial charge is 0.453 e. The summed E-state index contributed by atoms with van der Waals surface area (Å²) in [5, 5.41) is 3.47. The predicted molar refractivity (Wildman–Crippen MR) is 89.9 cm³/mol. The van der Waals surface area contributed by atoms with Crippen LogP contribution in [0.1, 0.15) is 54.4 Å². The molecule has 1 aliphatic rings. The summed E-state index contributed by atoms with van der Waals surface area (Å²) in [6, 6.07) is 0. The maximum Gasteiger partial charge on any atom is 0.484 e. The van der Waals surface area contributed by atoms with Crippen molar-refractivity contribution in [3.8, 4) is 0 Å². The minimum absolute atomic E-state index is 0.0387. The number of ether oxygens (including phenoxy) is 1. The molecule has 0 saturated carbocycles. The van der Waals surface area contributed by atoms with Gasteiger partial charge in [-0.15, -0.1) is 4.79 Å². The highest BCUT2D eigenvalue weighted by atomic mass is 31.2. The number of carbonyl (C=O) groups is 1. The molecule has 0 bridgehead atoms. The molecule has 24 heavy (non-hydrogen) atoms. The Morgan fingerprint density at radius 2 is 1.62 bits per heavy atom. The number of nitrogens with zero attached hydrogens (tertiary/aromatic N) is 2. The summed E-state index contributed by atoms with van der Waals surface area (Å²) in [7, 11) is -4.01. The molecule has 8 nitrogen and oxygen atoms in total. The summed E-state index contributed by atoms with van der Waals surface area (Å²) < 4.78 is 28.2. The van der Waals surface area contributed by atoms with Crippen LogP contribution in [0.5, 0.6) is 0 Å². The van der Waals surface area contributed by atoms with Crippen LogP contribution in [0.15, 0.2) is 0 Å². The maximum absolute atomic E-state index is 12.6. The summed E-state index contributed by atoms with van der Waals surface area (Å²) >= 11 is 0. The van der Waals surface area contributed by atoms with Crippen molar-refractivity contribution < 1.29 is 27.9 Å². The summed E-state index contributed by atoms with van der Waals surface area (Å²) in [4.78, 5) is 15.2. The molecule has 0 aromatic heterocycles.